The van der Waals surface area contributed by atoms with Crippen molar-refractivity contribution in [3.05, 3.63) is 41.4 Å². The van der Waals surface area contributed by atoms with Crippen LogP contribution in [0.2, 0.25) is 0 Å². The van der Waals surface area contributed by atoms with Gasteiger partial charge < -0.3 is 14.6 Å². The van der Waals surface area contributed by atoms with Gasteiger partial charge in [0.15, 0.2) is 0 Å². The number of nitrogens with one attached hydrogen (secondary N) is 1. The number of halogens is 1. The van der Waals surface area contributed by atoms with Crippen LogP contribution in [0.4, 0.5) is 4.39 Å². The highest BCUT2D eigenvalue weighted by Gasteiger charge is 2.36. The highest BCUT2D eigenvalue weighted by Crippen LogP contribution is 2.52. The zero-order chi connectivity index (χ0) is 23.4. The van der Waals surface area contributed by atoms with E-state index in [0.29, 0.717) is 23.5 Å². The smallest absolute Gasteiger partial charge is 0.397 e. The van der Waals surface area contributed by atoms with E-state index in [9.17, 15) is 0 Å². The Morgan fingerprint density at radius 3 is 2.39 bits per heavy atom. The van der Waals surface area contributed by atoms with E-state index < -0.39 is 8.60 Å². The van der Waals surface area contributed by atoms with E-state index in [2.05, 4.69) is 32.7 Å². The Morgan fingerprint density at radius 1 is 1.16 bits per heavy atom. The van der Waals surface area contributed by atoms with Gasteiger partial charge in [0.2, 0.25) is 0 Å². The van der Waals surface area contributed by atoms with Crippen LogP contribution in [0.1, 0.15) is 84.9 Å². The highest BCUT2D eigenvalue weighted by atomic mass is 31.2. The van der Waals surface area contributed by atoms with Gasteiger partial charge in [0.05, 0.1) is 24.9 Å². The van der Waals surface area contributed by atoms with Crippen LogP contribution in [0, 0.1) is 5.82 Å². The van der Waals surface area contributed by atoms with Gasteiger partial charge in [-0.05, 0) is 41.5 Å². The molecule has 0 radical (unpaired) electrons. The average molecular weight is 456 g/mol. The number of hydrogen-bond acceptors (Lipinski definition) is 5. The van der Waals surface area contributed by atoms with Crippen molar-refractivity contribution >= 4 is 8.60 Å². The lowest BCUT2D eigenvalue weighted by molar-refractivity contribution is 0.00442. The maximum atomic E-state index is 15.3. The minimum atomic E-state index is -1.60. The summed E-state index contributed by atoms with van der Waals surface area (Å²) in [7, 11) is -1.60. The fourth-order valence-corrected chi connectivity index (χ4v) is 4.60. The number of ether oxygens (including phenoxy) is 1. The van der Waals surface area contributed by atoms with Crippen molar-refractivity contribution in [2.24, 2.45) is 0 Å². The summed E-state index contributed by atoms with van der Waals surface area (Å²) in [6, 6.07) is 1.94. The average Bonchev–Trinajstić information content (AvgIpc) is 3.14. The predicted molar refractivity (Wildman–Crippen MR) is 125 cm³/mol. The molecule has 3 rings (SSSR count). The molecule has 1 saturated heterocycles. The molecule has 1 aromatic rings. The van der Waals surface area contributed by atoms with E-state index in [-0.39, 0.29) is 35.6 Å². The van der Waals surface area contributed by atoms with Crippen molar-refractivity contribution in [3.63, 3.8) is 0 Å². The van der Waals surface area contributed by atoms with Gasteiger partial charge in [0, 0.05) is 5.56 Å². The van der Waals surface area contributed by atoms with Crippen LogP contribution < -0.4 is 9.84 Å². The van der Waals surface area contributed by atoms with Crippen LogP contribution in [-0.2, 0) is 31.2 Å². The monoisotopic (exact) mass is 455 g/mol. The Kier molecular flexibility index (Phi) is 8.92. The molecule has 176 valence electrons. The fourth-order valence-electron chi connectivity index (χ4n) is 3.54. The Hall–Kier alpha value is -1.20. The summed E-state index contributed by atoms with van der Waals surface area (Å²) in [5.41, 5.74) is 1.63. The lowest BCUT2D eigenvalue weighted by atomic mass is 9.78. The van der Waals surface area contributed by atoms with Crippen molar-refractivity contribution in [1.82, 2.24) is 5.32 Å². The van der Waals surface area contributed by atoms with Crippen molar-refractivity contribution < 1.29 is 22.7 Å². The normalized spacial score (nSPS) is 23.3. The molecule has 1 aromatic carbocycles. The molecule has 2 heterocycles. The molecular formula is C24H39FNO4P. The molecule has 0 aliphatic carbocycles. The molecule has 0 amide bonds. The van der Waals surface area contributed by atoms with Crippen molar-refractivity contribution in [2.75, 3.05) is 6.61 Å². The van der Waals surface area contributed by atoms with E-state index in [1.54, 1.807) is 6.20 Å². The maximum absolute atomic E-state index is 15.3. The molecule has 1 N–H and O–H groups in total. The summed E-state index contributed by atoms with van der Waals surface area (Å²) in [5, 5.41) is 3.06. The lowest BCUT2D eigenvalue weighted by Gasteiger charge is -2.33. The second-order valence-corrected chi connectivity index (χ2v) is 10.8. The van der Waals surface area contributed by atoms with E-state index in [4.69, 9.17) is 18.3 Å². The second kappa shape index (κ2) is 10.6. The van der Waals surface area contributed by atoms with Gasteiger partial charge in [-0.15, -0.1) is 0 Å². The molecule has 0 spiro atoms. The predicted octanol–water partition coefficient (Wildman–Crippen LogP) is 6.84. The molecule has 3 unspecified atom stereocenters. The number of fused-ring (bicyclic) bond motifs is 1. The number of hydrogen-bond donors (Lipinski definition) is 1. The summed E-state index contributed by atoms with van der Waals surface area (Å²) < 4.78 is 38.8. The summed E-state index contributed by atoms with van der Waals surface area (Å²) >= 11 is 0. The molecule has 0 saturated carbocycles. The molecule has 1 fully saturated rings. The van der Waals surface area contributed by atoms with E-state index >= 15 is 4.39 Å². The molecule has 31 heavy (non-hydrogen) atoms. The third-order valence-electron chi connectivity index (χ3n) is 5.18. The van der Waals surface area contributed by atoms with Crippen molar-refractivity contribution in [2.45, 2.75) is 98.0 Å². The quantitative estimate of drug-likeness (QED) is 0.493. The molecule has 5 nitrogen and oxygen atoms in total. The molecule has 7 heteroatoms. The van der Waals surface area contributed by atoms with Crippen LogP contribution in [0.25, 0.3) is 0 Å². The SMILES string of the molecule is C=CNC1CCC(COP2OCc3c(F)c(C(C)(C)C)cc(C(C)(C)C)c3O2)O1.CC. The van der Waals surface area contributed by atoms with Crippen LogP contribution in [-0.4, -0.2) is 18.9 Å². The van der Waals surface area contributed by atoms with Gasteiger partial charge in [-0.3, -0.25) is 9.05 Å². The van der Waals surface area contributed by atoms with E-state index in [1.165, 1.54) is 0 Å². The Balaban J connectivity index is 0.00000166. The first-order valence-electron chi connectivity index (χ1n) is 11.1. The van der Waals surface area contributed by atoms with Gasteiger partial charge in [-0.2, -0.15) is 0 Å². The van der Waals surface area contributed by atoms with Crippen LogP contribution in [0.3, 0.4) is 0 Å². The Labute approximate surface area is 188 Å². The Bertz CT molecular complexity index is 757. The zero-order valence-corrected chi connectivity index (χ0v) is 21.2. The molecule has 2 aliphatic heterocycles. The van der Waals surface area contributed by atoms with Gasteiger partial charge >= 0.3 is 8.60 Å². The summed E-state index contributed by atoms with van der Waals surface area (Å²) in [6.07, 6.45) is 3.38. The largest absolute Gasteiger partial charge is 0.426 e. The van der Waals surface area contributed by atoms with E-state index in [1.807, 2.05) is 40.7 Å². The highest BCUT2D eigenvalue weighted by molar-refractivity contribution is 7.42. The summed E-state index contributed by atoms with van der Waals surface area (Å²) in [4.78, 5) is 0. The van der Waals surface area contributed by atoms with Gasteiger partial charge in [-0.1, -0.05) is 62.0 Å². The Morgan fingerprint density at radius 2 is 1.81 bits per heavy atom. The van der Waals surface area contributed by atoms with Crippen LogP contribution >= 0.6 is 8.60 Å². The molecule has 0 bridgehead atoms. The second-order valence-electron chi connectivity index (χ2n) is 9.67. The van der Waals surface area contributed by atoms with Crippen molar-refractivity contribution in [1.29, 1.82) is 0 Å². The third-order valence-corrected chi connectivity index (χ3v) is 6.21. The lowest BCUT2D eigenvalue weighted by Crippen LogP contribution is -2.26. The van der Waals surface area contributed by atoms with Crippen LogP contribution in [0.5, 0.6) is 5.75 Å². The van der Waals surface area contributed by atoms with Gasteiger partial charge in [-0.25, -0.2) is 4.39 Å². The molecule has 0 aromatic heterocycles. The number of rotatable bonds is 5. The third kappa shape index (κ3) is 6.41. The number of benzene rings is 1. The summed E-state index contributed by atoms with van der Waals surface area (Å²) in [6.45, 7) is 20.5. The minimum Gasteiger partial charge on any atom is -0.426 e. The summed E-state index contributed by atoms with van der Waals surface area (Å²) in [5.74, 6) is 0.325. The first kappa shape index (κ1) is 26.1. The van der Waals surface area contributed by atoms with Gasteiger partial charge in [0.1, 0.15) is 17.8 Å². The van der Waals surface area contributed by atoms with Crippen LogP contribution in [0.15, 0.2) is 18.8 Å². The van der Waals surface area contributed by atoms with Gasteiger partial charge in [0.25, 0.3) is 0 Å². The first-order valence-corrected chi connectivity index (χ1v) is 12.2. The van der Waals surface area contributed by atoms with Crippen molar-refractivity contribution in [3.8, 4) is 5.75 Å². The van der Waals surface area contributed by atoms with E-state index in [0.717, 1.165) is 18.4 Å². The first-order chi connectivity index (χ1) is 14.5. The standard InChI is InChI=1S/C22H33FNO4P.C2H6/c1-8-24-18-10-9-14(27-18)12-25-29-26-13-15-19(23)16(21(2,3)4)11-17(20(15)28-29)22(5,6)7;1-2/h8,11,14,18,24H,1,9-10,12-13H2,2-7H3;1-2H3. The molecule has 2 aliphatic rings. The molecule has 3 atom stereocenters. The minimum absolute atomic E-state index is 0.0226. The topological polar surface area (TPSA) is 49.0 Å². The fraction of sp³-hybridized carbons (Fsp3) is 0.667. The zero-order valence-electron chi connectivity index (χ0n) is 20.3. The molecular weight excluding hydrogens is 416 g/mol. The maximum Gasteiger partial charge on any atom is 0.397 e.